The molecule has 2 atom stereocenters. The number of carbonyl (C=O) groups is 1. The van der Waals surface area contributed by atoms with Crippen molar-refractivity contribution in [3.05, 3.63) is 0 Å². The standard InChI is InChI=1S/C17H34N2O/c1-4-16(15-8-6-5-7-9-15)19-17(20)11-14(12-18)10-13(2)3/h13-16H,4-12,18H2,1-3H3,(H,19,20). The summed E-state index contributed by atoms with van der Waals surface area (Å²) in [6.45, 7) is 7.19. The van der Waals surface area contributed by atoms with Gasteiger partial charge in [-0.2, -0.15) is 0 Å². The van der Waals surface area contributed by atoms with E-state index in [1.807, 2.05) is 0 Å². The highest BCUT2D eigenvalue weighted by atomic mass is 16.1. The average Bonchev–Trinajstić information content (AvgIpc) is 2.44. The van der Waals surface area contributed by atoms with Gasteiger partial charge >= 0.3 is 0 Å². The number of nitrogens with one attached hydrogen (secondary N) is 1. The van der Waals surface area contributed by atoms with Gasteiger partial charge < -0.3 is 11.1 Å². The number of nitrogens with two attached hydrogens (primary N) is 1. The van der Waals surface area contributed by atoms with Crippen LogP contribution >= 0.6 is 0 Å². The van der Waals surface area contributed by atoms with E-state index in [9.17, 15) is 4.79 Å². The molecule has 3 nitrogen and oxygen atoms in total. The van der Waals surface area contributed by atoms with Gasteiger partial charge in [-0.15, -0.1) is 0 Å². The molecule has 2 unspecified atom stereocenters. The van der Waals surface area contributed by atoms with Crippen molar-refractivity contribution in [1.29, 1.82) is 0 Å². The Kier molecular flexibility index (Phi) is 8.20. The van der Waals surface area contributed by atoms with E-state index in [0.29, 0.717) is 36.8 Å². The van der Waals surface area contributed by atoms with Crippen molar-refractivity contribution in [3.63, 3.8) is 0 Å². The van der Waals surface area contributed by atoms with Gasteiger partial charge in [-0.25, -0.2) is 0 Å². The van der Waals surface area contributed by atoms with E-state index >= 15 is 0 Å². The predicted octanol–water partition coefficient (Wildman–Crippen LogP) is 3.47. The third kappa shape index (κ3) is 6.25. The molecule has 0 aromatic heterocycles. The Morgan fingerprint density at radius 2 is 1.90 bits per heavy atom. The smallest absolute Gasteiger partial charge is 0.220 e. The van der Waals surface area contributed by atoms with Crippen molar-refractivity contribution in [2.24, 2.45) is 23.5 Å². The Morgan fingerprint density at radius 1 is 1.25 bits per heavy atom. The quantitative estimate of drug-likeness (QED) is 0.716. The number of hydrogen-bond donors (Lipinski definition) is 2. The maximum atomic E-state index is 12.2. The van der Waals surface area contributed by atoms with Gasteiger partial charge in [0, 0.05) is 12.5 Å². The SMILES string of the molecule is CCC(NC(=O)CC(CN)CC(C)C)C1CCCCC1. The minimum absolute atomic E-state index is 0.207. The Labute approximate surface area is 125 Å². The molecular formula is C17H34N2O. The second-order valence-electron chi connectivity index (χ2n) is 6.92. The van der Waals surface area contributed by atoms with Crippen LogP contribution in [0.4, 0.5) is 0 Å². The summed E-state index contributed by atoms with van der Waals surface area (Å²) >= 11 is 0. The van der Waals surface area contributed by atoms with Gasteiger partial charge in [-0.1, -0.05) is 40.0 Å². The van der Waals surface area contributed by atoms with Crippen LogP contribution in [0.1, 0.15) is 72.1 Å². The highest BCUT2D eigenvalue weighted by Gasteiger charge is 2.24. The summed E-state index contributed by atoms with van der Waals surface area (Å²) in [5.74, 6) is 1.84. The summed E-state index contributed by atoms with van der Waals surface area (Å²) < 4.78 is 0. The fraction of sp³-hybridized carbons (Fsp3) is 0.941. The second kappa shape index (κ2) is 9.38. The van der Waals surface area contributed by atoms with Crippen LogP contribution in [-0.4, -0.2) is 18.5 Å². The molecule has 3 N–H and O–H groups in total. The summed E-state index contributed by atoms with van der Waals surface area (Å²) in [4.78, 5) is 12.2. The maximum absolute atomic E-state index is 12.2. The van der Waals surface area contributed by atoms with Crippen molar-refractivity contribution < 1.29 is 4.79 Å². The Hall–Kier alpha value is -0.570. The third-order valence-electron chi connectivity index (χ3n) is 4.62. The van der Waals surface area contributed by atoms with E-state index in [1.165, 1.54) is 32.1 Å². The van der Waals surface area contributed by atoms with Crippen molar-refractivity contribution in [1.82, 2.24) is 5.32 Å². The predicted molar refractivity (Wildman–Crippen MR) is 85.4 cm³/mol. The van der Waals surface area contributed by atoms with Crippen molar-refractivity contribution in [2.75, 3.05) is 6.54 Å². The molecule has 0 bridgehead atoms. The first kappa shape index (κ1) is 17.5. The number of rotatable bonds is 8. The summed E-state index contributed by atoms with van der Waals surface area (Å²) in [6, 6.07) is 0.375. The van der Waals surface area contributed by atoms with Crippen LogP contribution in [0.25, 0.3) is 0 Å². The molecule has 1 saturated carbocycles. The molecule has 1 amide bonds. The summed E-state index contributed by atoms with van der Waals surface area (Å²) in [5.41, 5.74) is 5.80. The van der Waals surface area contributed by atoms with Crippen molar-refractivity contribution in [2.45, 2.75) is 78.2 Å². The fourth-order valence-corrected chi connectivity index (χ4v) is 3.55. The van der Waals surface area contributed by atoms with Gasteiger partial charge in [-0.3, -0.25) is 4.79 Å². The van der Waals surface area contributed by atoms with Gasteiger partial charge in [0.05, 0.1) is 0 Å². The van der Waals surface area contributed by atoms with E-state index in [-0.39, 0.29) is 5.91 Å². The molecule has 0 radical (unpaired) electrons. The zero-order valence-electron chi connectivity index (χ0n) is 13.7. The van der Waals surface area contributed by atoms with Crippen LogP contribution in [-0.2, 0) is 4.79 Å². The molecule has 0 aliphatic heterocycles. The minimum atomic E-state index is 0.207. The molecule has 1 aliphatic carbocycles. The number of hydrogen-bond acceptors (Lipinski definition) is 2. The number of amides is 1. The Bertz CT molecular complexity index is 272. The Morgan fingerprint density at radius 3 is 2.40 bits per heavy atom. The molecular weight excluding hydrogens is 248 g/mol. The Balaban J connectivity index is 2.41. The molecule has 1 rings (SSSR count). The average molecular weight is 282 g/mol. The van der Waals surface area contributed by atoms with Crippen LogP contribution in [0.5, 0.6) is 0 Å². The maximum Gasteiger partial charge on any atom is 0.220 e. The summed E-state index contributed by atoms with van der Waals surface area (Å²) in [5, 5.41) is 3.28. The van der Waals surface area contributed by atoms with E-state index in [2.05, 4.69) is 26.1 Å². The van der Waals surface area contributed by atoms with E-state index in [0.717, 1.165) is 12.8 Å². The van der Waals surface area contributed by atoms with Gasteiger partial charge in [0.1, 0.15) is 0 Å². The van der Waals surface area contributed by atoms with Gasteiger partial charge in [0.25, 0.3) is 0 Å². The third-order valence-corrected chi connectivity index (χ3v) is 4.62. The zero-order valence-corrected chi connectivity index (χ0v) is 13.7. The lowest BCUT2D eigenvalue weighted by Gasteiger charge is -2.30. The van der Waals surface area contributed by atoms with Crippen LogP contribution in [0.15, 0.2) is 0 Å². The molecule has 3 heteroatoms. The van der Waals surface area contributed by atoms with E-state index in [4.69, 9.17) is 5.73 Å². The first-order chi connectivity index (χ1) is 9.56. The second-order valence-corrected chi connectivity index (χ2v) is 6.92. The van der Waals surface area contributed by atoms with Gasteiger partial charge in [0.2, 0.25) is 5.91 Å². The first-order valence-corrected chi connectivity index (χ1v) is 8.56. The lowest BCUT2D eigenvalue weighted by atomic mass is 9.82. The molecule has 0 heterocycles. The minimum Gasteiger partial charge on any atom is -0.353 e. The van der Waals surface area contributed by atoms with Crippen LogP contribution in [0.2, 0.25) is 0 Å². The van der Waals surface area contributed by atoms with Crippen LogP contribution in [0, 0.1) is 17.8 Å². The largest absolute Gasteiger partial charge is 0.353 e. The summed E-state index contributed by atoms with van der Waals surface area (Å²) in [6.07, 6.45) is 9.28. The topological polar surface area (TPSA) is 55.1 Å². The normalized spacial score (nSPS) is 19.9. The molecule has 20 heavy (non-hydrogen) atoms. The first-order valence-electron chi connectivity index (χ1n) is 8.56. The molecule has 1 fully saturated rings. The van der Waals surface area contributed by atoms with Crippen molar-refractivity contribution >= 4 is 5.91 Å². The molecule has 1 aliphatic rings. The van der Waals surface area contributed by atoms with Gasteiger partial charge in [-0.05, 0) is 50.0 Å². The highest BCUT2D eigenvalue weighted by Crippen LogP contribution is 2.28. The molecule has 0 saturated heterocycles. The molecule has 0 aromatic rings. The molecule has 118 valence electrons. The van der Waals surface area contributed by atoms with E-state index in [1.54, 1.807) is 0 Å². The zero-order chi connectivity index (χ0) is 15.0. The van der Waals surface area contributed by atoms with Crippen LogP contribution < -0.4 is 11.1 Å². The van der Waals surface area contributed by atoms with Crippen molar-refractivity contribution in [3.8, 4) is 0 Å². The molecule has 0 aromatic carbocycles. The van der Waals surface area contributed by atoms with Gasteiger partial charge in [0.15, 0.2) is 0 Å². The lowest BCUT2D eigenvalue weighted by Crippen LogP contribution is -2.41. The summed E-state index contributed by atoms with van der Waals surface area (Å²) in [7, 11) is 0. The van der Waals surface area contributed by atoms with E-state index < -0.39 is 0 Å². The fourth-order valence-electron chi connectivity index (χ4n) is 3.55. The number of carbonyl (C=O) groups excluding carboxylic acids is 1. The van der Waals surface area contributed by atoms with Crippen LogP contribution in [0.3, 0.4) is 0 Å². The molecule has 0 spiro atoms. The lowest BCUT2D eigenvalue weighted by molar-refractivity contribution is -0.123. The highest BCUT2D eigenvalue weighted by molar-refractivity contribution is 5.76. The monoisotopic (exact) mass is 282 g/mol.